The van der Waals surface area contributed by atoms with E-state index < -0.39 is 6.04 Å². The van der Waals surface area contributed by atoms with Crippen molar-refractivity contribution in [3.8, 4) is 11.4 Å². The van der Waals surface area contributed by atoms with Gasteiger partial charge in [0.1, 0.15) is 6.04 Å². The molecule has 6 nitrogen and oxygen atoms in total. The molecule has 2 aromatic heterocycles. The summed E-state index contributed by atoms with van der Waals surface area (Å²) in [6.45, 7) is 1.75. The third kappa shape index (κ3) is 3.01. The van der Waals surface area contributed by atoms with Gasteiger partial charge in [0.15, 0.2) is 5.76 Å². The fourth-order valence-corrected chi connectivity index (χ4v) is 2.08. The topological polar surface area (TPSA) is 81.2 Å². The van der Waals surface area contributed by atoms with Crippen LogP contribution in [0.2, 0.25) is 5.02 Å². The predicted molar refractivity (Wildman–Crippen MR) is 79.3 cm³/mol. The van der Waals surface area contributed by atoms with E-state index in [4.69, 9.17) is 20.5 Å². The lowest BCUT2D eigenvalue weighted by atomic mass is 10.2. The molecule has 0 aliphatic carbocycles. The van der Waals surface area contributed by atoms with E-state index in [9.17, 15) is 4.79 Å². The first-order valence-electron chi connectivity index (χ1n) is 6.57. The molecular weight excluding hydrogens is 306 g/mol. The molecule has 7 heteroatoms. The molecular formula is C15H12ClN3O3. The van der Waals surface area contributed by atoms with Crippen LogP contribution in [-0.4, -0.2) is 16.0 Å². The number of halogens is 1. The van der Waals surface area contributed by atoms with E-state index in [0.29, 0.717) is 16.7 Å². The zero-order valence-electron chi connectivity index (χ0n) is 11.6. The molecule has 2 heterocycles. The average molecular weight is 318 g/mol. The second-order valence-electron chi connectivity index (χ2n) is 4.64. The van der Waals surface area contributed by atoms with Crippen molar-refractivity contribution in [2.24, 2.45) is 0 Å². The van der Waals surface area contributed by atoms with Gasteiger partial charge in [-0.3, -0.25) is 4.79 Å². The highest BCUT2D eigenvalue weighted by Gasteiger charge is 2.19. The van der Waals surface area contributed by atoms with Crippen LogP contribution < -0.4 is 5.32 Å². The van der Waals surface area contributed by atoms with Crippen molar-refractivity contribution in [3.63, 3.8) is 0 Å². The lowest BCUT2D eigenvalue weighted by Crippen LogP contribution is -2.26. The van der Waals surface area contributed by atoms with Gasteiger partial charge in [0.05, 0.1) is 6.26 Å². The van der Waals surface area contributed by atoms with Crippen LogP contribution in [0.3, 0.4) is 0 Å². The molecule has 22 heavy (non-hydrogen) atoms. The molecule has 0 saturated carbocycles. The van der Waals surface area contributed by atoms with Crippen molar-refractivity contribution in [1.82, 2.24) is 15.5 Å². The second-order valence-corrected chi connectivity index (χ2v) is 5.08. The number of benzene rings is 1. The van der Waals surface area contributed by atoms with Crippen LogP contribution in [0.15, 0.2) is 51.6 Å². The predicted octanol–water partition coefficient (Wildman–Crippen LogP) is 3.47. The summed E-state index contributed by atoms with van der Waals surface area (Å²) >= 11 is 5.94. The lowest BCUT2D eigenvalue weighted by molar-refractivity contribution is 0.0904. The monoisotopic (exact) mass is 317 g/mol. The van der Waals surface area contributed by atoms with Gasteiger partial charge in [-0.2, -0.15) is 4.98 Å². The molecule has 3 aromatic rings. The summed E-state index contributed by atoms with van der Waals surface area (Å²) in [4.78, 5) is 16.2. The lowest BCUT2D eigenvalue weighted by Gasteiger charge is -2.07. The van der Waals surface area contributed by atoms with Gasteiger partial charge in [0.2, 0.25) is 11.7 Å². The molecule has 1 atom stereocenters. The summed E-state index contributed by atoms with van der Waals surface area (Å²) in [6, 6.07) is 9.90. The SMILES string of the molecule is C[C@H](NC(=O)c1ccco1)c1nc(-c2cccc(Cl)c2)no1. The van der Waals surface area contributed by atoms with E-state index in [2.05, 4.69) is 15.5 Å². The highest BCUT2D eigenvalue weighted by atomic mass is 35.5. The quantitative estimate of drug-likeness (QED) is 0.796. The highest BCUT2D eigenvalue weighted by molar-refractivity contribution is 6.30. The number of hydrogen-bond donors (Lipinski definition) is 1. The van der Waals surface area contributed by atoms with E-state index in [1.54, 1.807) is 37.3 Å². The van der Waals surface area contributed by atoms with E-state index in [0.717, 1.165) is 5.56 Å². The van der Waals surface area contributed by atoms with Gasteiger partial charge < -0.3 is 14.3 Å². The molecule has 0 fully saturated rings. The molecule has 0 saturated heterocycles. The van der Waals surface area contributed by atoms with Gasteiger partial charge in [-0.25, -0.2) is 0 Å². The van der Waals surface area contributed by atoms with E-state index in [1.165, 1.54) is 6.26 Å². The van der Waals surface area contributed by atoms with Gasteiger partial charge in [-0.05, 0) is 31.2 Å². The van der Waals surface area contributed by atoms with Gasteiger partial charge in [0.25, 0.3) is 5.91 Å². The van der Waals surface area contributed by atoms with Crippen LogP contribution in [-0.2, 0) is 0 Å². The maximum absolute atomic E-state index is 11.9. The van der Waals surface area contributed by atoms with Crippen LogP contribution in [0.5, 0.6) is 0 Å². The summed E-state index contributed by atoms with van der Waals surface area (Å²) in [7, 11) is 0. The Morgan fingerprint density at radius 2 is 2.18 bits per heavy atom. The Hall–Kier alpha value is -2.60. The molecule has 0 aliphatic rings. The third-order valence-electron chi connectivity index (χ3n) is 2.99. The van der Waals surface area contributed by atoms with E-state index >= 15 is 0 Å². The number of furan rings is 1. The summed E-state index contributed by atoms with van der Waals surface area (Å²) < 4.78 is 10.2. The normalized spacial score (nSPS) is 12.1. The van der Waals surface area contributed by atoms with E-state index in [1.807, 2.05) is 6.07 Å². The van der Waals surface area contributed by atoms with E-state index in [-0.39, 0.29) is 11.7 Å². The summed E-state index contributed by atoms with van der Waals surface area (Å²) in [6.07, 6.45) is 1.43. The van der Waals surface area contributed by atoms with Crippen molar-refractivity contribution in [2.45, 2.75) is 13.0 Å². The standard InChI is InChI=1S/C15H12ClN3O3/c1-9(17-14(20)12-6-3-7-21-12)15-18-13(19-22-15)10-4-2-5-11(16)8-10/h2-9H,1H3,(H,17,20)/t9-/m0/s1. The largest absolute Gasteiger partial charge is 0.459 e. The molecule has 0 unspecified atom stereocenters. The van der Waals surface area contributed by atoms with Crippen LogP contribution in [0.1, 0.15) is 29.4 Å². The number of hydrogen-bond acceptors (Lipinski definition) is 5. The maximum atomic E-state index is 11.9. The zero-order valence-corrected chi connectivity index (χ0v) is 12.4. The zero-order chi connectivity index (χ0) is 15.5. The van der Waals surface area contributed by atoms with Crippen molar-refractivity contribution < 1.29 is 13.7 Å². The van der Waals surface area contributed by atoms with Crippen molar-refractivity contribution in [1.29, 1.82) is 0 Å². The minimum Gasteiger partial charge on any atom is -0.459 e. The molecule has 0 radical (unpaired) electrons. The van der Waals surface area contributed by atoms with Crippen LogP contribution in [0, 0.1) is 0 Å². The number of carbonyl (C=O) groups is 1. The first-order valence-corrected chi connectivity index (χ1v) is 6.95. The Labute approximate surface area is 131 Å². The molecule has 1 N–H and O–H groups in total. The molecule has 1 amide bonds. The summed E-state index contributed by atoms with van der Waals surface area (Å²) in [5, 5.41) is 7.21. The Morgan fingerprint density at radius 1 is 1.32 bits per heavy atom. The minimum absolute atomic E-state index is 0.224. The number of amides is 1. The Bertz CT molecular complexity index is 783. The fourth-order valence-electron chi connectivity index (χ4n) is 1.89. The van der Waals surface area contributed by atoms with Gasteiger partial charge in [-0.15, -0.1) is 0 Å². The second kappa shape index (κ2) is 6.03. The number of nitrogens with zero attached hydrogens (tertiary/aromatic N) is 2. The molecule has 112 valence electrons. The molecule has 0 bridgehead atoms. The Morgan fingerprint density at radius 3 is 2.91 bits per heavy atom. The number of nitrogens with one attached hydrogen (secondary N) is 1. The maximum Gasteiger partial charge on any atom is 0.287 e. The van der Waals surface area contributed by atoms with Crippen LogP contribution in [0.4, 0.5) is 0 Å². The number of aromatic nitrogens is 2. The van der Waals surface area contributed by atoms with Crippen LogP contribution >= 0.6 is 11.6 Å². The molecule has 1 aromatic carbocycles. The van der Waals surface area contributed by atoms with Gasteiger partial charge >= 0.3 is 0 Å². The first-order chi connectivity index (χ1) is 10.6. The van der Waals surface area contributed by atoms with Gasteiger partial charge in [-0.1, -0.05) is 28.9 Å². The molecule has 0 aliphatic heterocycles. The fraction of sp³-hybridized carbons (Fsp3) is 0.133. The summed E-state index contributed by atoms with van der Waals surface area (Å²) in [5.41, 5.74) is 0.743. The Balaban J connectivity index is 1.74. The van der Waals surface area contributed by atoms with Crippen molar-refractivity contribution >= 4 is 17.5 Å². The van der Waals surface area contributed by atoms with Gasteiger partial charge in [0, 0.05) is 10.6 Å². The number of rotatable bonds is 4. The number of carbonyl (C=O) groups excluding carboxylic acids is 1. The molecule has 3 rings (SSSR count). The van der Waals surface area contributed by atoms with Crippen LogP contribution in [0.25, 0.3) is 11.4 Å². The smallest absolute Gasteiger partial charge is 0.287 e. The van der Waals surface area contributed by atoms with Crippen molar-refractivity contribution in [3.05, 3.63) is 59.3 Å². The third-order valence-corrected chi connectivity index (χ3v) is 3.22. The highest BCUT2D eigenvalue weighted by Crippen LogP contribution is 2.21. The Kier molecular flexibility index (Phi) is 3.93. The average Bonchev–Trinajstić information content (AvgIpc) is 3.19. The van der Waals surface area contributed by atoms with Crippen molar-refractivity contribution in [2.75, 3.05) is 0 Å². The minimum atomic E-state index is -0.446. The summed E-state index contributed by atoms with van der Waals surface area (Å²) in [5.74, 6) is 0.591. The molecule has 0 spiro atoms. The first kappa shape index (κ1) is 14.3.